The highest BCUT2D eigenvalue weighted by atomic mass is 32.1. The average molecular weight is 690 g/mol. The van der Waals surface area contributed by atoms with E-state index < -0.39 is 0 Å². The Kier molecular flexibility index (Phi) is 12.8. The molecule has 0 radical (unpaired) electrons. The Bertz CT molecular complexity index is 1820. The van der Waals surface area contributed by atoms with Crippen molar-refractivity contribution in [3.8, 4) is 0 Å². The van der Waals surface area contributed by atoms with Crippen molar-refractivity contribution in [2.75, 3.05) is 19.6 Å². The lowest BCUT2D eigenvalue weighted by Crippen LogP contribution is -2.48. The lowest BCUT2D eigenvalue weighted by Gasteiger charge is -2.43. The van der Waals surface area contributed by atoms with Crippen LogP contribution in [-0.2, 0) is 19.3 Å². The molecule has 4 aliphatic rings. The van der Waals surface area contributed by atoms with Gasteiger partial charge in [-0.2, -0.15) is 0 Å². The minimum absolute atomic E-state index is 0.172. The molecule has 2 aromatic heterocycles. The summed E-state index contributed by atoms with van der Waals surface area (Å²) in [7, 11) is 0. The molecule has 1 saturated carbocycles. The largest absolute Gasteiger partial charge is 0.361 e. The van der Waals surface area contributed by atoms with Crippen LogP contribution in [-0.4, -0.2) is 35.6 Å². The number of hydrogen-bond donors (Lipinski definition) is 2. The van der Waals surface area contributed by atoms with Crippen LogP contribution in [0, 0.1) is 35.4 Å². The van der Waals surface area contributed by atoms with Crippen LogP contribution in [0.3, 0.4) is 0 Å². The number of allylic oxidation sites excluding steroid dienone is 2. The molecule has 3 aromatic carbocycles. The highest BCUT2D eigenvalue weighted by Gasteiger charge is 2.32. The van der Waals surface area contributed by atoms with E-state index >= 15 is 0 Å². The van der Waals surface area contributed by atoms with Gasteiger partial charge in [0.25, 0.3) is 0 Å². The highest BCUT2D eigenvalue weighted by Crippen LogP contribution is 2.41. The second-order valence-corrected chi connectivity index (χ2v) is 15.7. The molecule has 0 spiro atoms. The zero-order valence-electron chi connectivity index (χ0n) is 30.1. The second kappa shape index (κ2) is 17.6. The molecule has 9 rings (SSSR count). The summed E-state index contributed by atoms with van der Waals surface area (Å²) < 4.78 is 15.0. The van der Waals surface area contributed by atoms with Crippen LogP contribution in [0.4, 0.5) is 4.39 Å². The van der Waals surface area contributed by atoms with Crippen molar-refractivity contribution in [3.05, 3.63) is 132 Å². The van der Waals surface area contributed by atoms with Gasteiger partial charge in [0.2, 0.25) is 0 Å². The van der Waals surface area contributed by atoms with Crippen LogP contribution in [0.5, 0.6) is 0 Å². The normalized spacial score (nSPS) is 24.4. The maximum atomic E-state index is 13.7. The fraction of sp³-hybridized carbons (Fsp3) is 0.422. The number of thiophene rings is 1. The van der Waals surface area contributed by atoms with Gasteiger partial charge in [0.15, 0.2) is 0 Å². The molecule has 3 N–H and O–H groups in total. The van der Waals surface area contributed by atoms with Crippen molar-refractivity contribution in [2.24, 2.45) is 35.3 Å². The van der Waals surface area contributed by atoms with Gasteiger partial charge in [0, 0.05) is 40.9 Å². The Balaban J connectivity index is 0.000000159. The summed E-state index contributed by atoms with van der Waals surface area (Å²) in [5.41, 5.74) is 10.5. The molecule has 0 amide bonds. The van der Waals surface area contributed by atoms with Gasteiger partial charge in [-0.15, -0.1) is 17.9 Å². The van der Waals surface area contributed by atoms with Gasteiger partial charge >= 0.3 is 0 Å². The summed E-state index contributed by atoms with van der Waals surface area (Å²) in [6, 6.07) is 24.8. The average Bonchev–Trinajstić information content (AvgIpc) is 3.77. The Labute approximate surface area is 303 Å². The molecular weight excluding hydrogens is 634 g/mol. The van der Waals surface area contributed by atoms with E-state index in [0.29, 0.717) is 17.9 Å². The van der Waals surface area contributed by atoms with Gasteiger partial charge in [0.1, 0.15) is 5.82 Å². The van der Waals surface area contributed by atoms with Gasteiger partial charge in [-0.05, 0) is 140 Å². The number of H-pyrrole nitrogens is 1. The van der Waals surface area contributed by atoms with Gasteiger partial charge in [-0.3, -0.25) is 4.90 Å². The second-order valence-electron chi connectivity index (χ2n) is 14.8. The van der Waals surface area contributed by atoms with E-state index in [1.54, 1.807) is 17.4 Å². The van der Waals surface area contributed by atoms with Gasteiger partial charge in [-0.25, -0.2) is 4.39 Å². The molecule has 1 saturated heterocycles. The predicted molar refractivity (Wildman–Crippen MR) is 213 cm³/mol. The highest BCUT2D eigenvalue weighted by molar-refractivity contribution is 7.17. The van der Waals surface area contributed by atoms with E-state index in [4.69, 9.17) is 5.73 Å². The minimum Gasteiger partial charge on any atom is -0.361 e. The lowest BCUT2D eigenvalue weighted by atomic mass is 9.68. The topological polar surface area (TPSA) is 45.0 Å². The molecule has 5 aromatic rings. The van der Waals surface area contributed by atoms with Crippen LogP contribution in [0.25, 0.3) is 21.0 Å². The van der Waals surface area contributed by atoms with Crippen molar-refractivity contribution >= 4 is 32.3 Å². The number of nitrogens with two attached hydrogens (primary N) is 1. The minimum atomic E-state index is -0.172. The molecule has 2 bridgehead atoms. The summed E-state index contributed by atoms with van der Waals surface area (Å²) in [5, 5.41) is 4.58. The number of nitrogens with zero attached hydrogens (tertiary/aromatic N) is 1. The molecule has 6 atom stereocenters. The summed E-state index contributed by atoms with van der Waals surface area (Å²) in [6.45, 7) is 11.6. The van der Waals surface area contributed by atoms with Gasteiger partial charge in [0.05, 0.1) is 0 Å². The molecule has 3 heterocycles. The van der Waals surface area contributed by atoms with Crippen LogP contribution in [0.1, 0.15) is 62.6 Å². The lowest BCUT2D eigenvalue weighted by molar-refractivity contribution is 0.0817. The smallest absolute Gasteiger partial charge is 0.123 e. The van der Waals surface area contributed by atoms with E-state index in [1.807, 2.05) is 12.3 Å². The Morgan fingerprint density at radius 2 is 1.76 bits per heavy atom. The summed E-state index contributed by atoms with van der Waals surface area (Å²) in [4.78, 5) is 5.87. The number of rotatable bonds is 9. The van der Waals surface area contributed by atoms with Crippen molar-refractivity contribution < 1.29 is 4.39 Å². The fourth-order valence-corrected chi connectivity index (χ4v) is 9.58. The van der Waals surface area contributed by atoms with Crippen LogP contribution >= 0.6 is 11.3 Å². The summed E-state index contributed by atoms with van der Waals surface area (Å²) >= 11 is 1.80. The van der Waals surface area contributed by atoms with E-state index in [-0.39, 0.29) is 5.82 Å². The number of nitrogens with one attached hydrogen (secondary N) is 1. The Morgan fingerprint density at radius 3 is 2.46 bits per heavy atom. The van der Waals surface area contributed by atoms with Crippen molar-refractivity contribution in [3.63, 3.8) is 0 Å². The first-order chi connectivity index (χ1) is 24.4. The first-order valence-corrected chi connectivity index (χ1v) is 19.8. The van der Waals surface area contributed by atoms with Crippen molar-refractivity contribution in [1.82, 2.24) is 9.88 Å². The number of aromatic amines is 1. The quantitative estimate of drug-likeness (QED) is 0.151. The summed E-state index contributed by atoms with van der Waals surface area (Å²) in [6.07, 6.45) is 19.1. The SMILES string of the molecule is C=CC1CC(Cc2ccccc2)C(C)N(CCc2c[nH]c3ccc(F)cc23)C1.CCC1CC2C=CC1CC2.NCCc1csc2ccccc12. The number of likely N-dealkylation sites (tertiary alicyclic amines) is 1. The maximum Gasteiger partial charge on any atom is 0.123 e. The van der Waals surface area contributed by atoms with E-state index in [0.717, 1.165) is 67.6 Å². The molecule has 1 aliphatic heterocycles. The molecule has 2 fully saturated rings. The Morgan fingerprint density at radius 1 is 0.940 bits per heavy atom. The predicted octanol–water partition coefficient (Wildman–Crippen LogP) is 11.0. The molecule has 5 heteroatoms. The maximum absolute atomic E-state index is 13.7. The molecule has 3 nitrogen and oxygen atoms in total. The molecular formula is C45H56FN3S. The van der Waals surface area contributed by atoms with Gasteiger partial charge < -0.3 is 10.7 Å². The standard InChI is InChI=1S/C25H29FN2.C10H11NS.C10H16/c1-3-19-13-22(14-20-7-5-4-6-8-20)18(2)28(17-19)12-11-21-16-27-25-10-9-23(26)15-24(21)25;11-6-5-8-7-12-10-4-2-1-3-9(8)10;1-2-9-7-8-3-5-10(9)6-4-8/h3-10,15-16,18-19,22,27H,1,11-14,17H2,2H3;1-4,7H,5-6,11H2;3,5,8-10H,2,4,6-7H2,1H3. The first-order valence-electron chi connectivity index (χ1n) is 18.9. The molecule has 50 heavy (non-hydrogen) atoms. The number of benzene rings is 3. The number of halogens is 1. The third-order valence-corrected chi connectivity index (χ3v) is 12.6. The van der Waals surface area contributed by atoms with Crippen molar-refractivity contribution in [2.45, 2.75) is 71.3 Å². The third-order valence-electron chi connectivity index (χ3n) is 11.6. The molecule has 264 valence electrons. The fourth-order valence-electron chi connectivity index (χ4n) is 8.59. The zero-order chi connectivity index (χ0) is 34.9. The number of piperidine rings is 1. The molecule has 6 unspecified atom stereocenters. The monoisotopic (exact) mass is 689 g/mol. The summed E-state index contributed by atoms with van der Waals surface area (Å²) in [5.74, 6) is 3.92. The zero-order valence-corrected chi connectivity index (χ0v) is 30.9. The van der Waals surface area contributed by atoms with Crippen molar-refractivity contribution in [1.29, 1.82) is 0 Å². The first kappa shape index (κ1) is 36.3. The van der Waals surface area contributed by atoms with E-state index in [1.165, 1.54) is 64.9 Å². The van der Waals surface area contributed by atoms with Crippen LogP contribution < -0.4 is 5.73 Å². The van der Waals surface area contributed by atoms with E-state index in [2.05, 4.69) is 109 Å². The Hall–Kier alpha value is -3.51. The molecule has 3 aliphatic carbocycles. The number of aromatic nitrogens is 1. The van der Waals surface area contributed by atoms with E-state index in [9.17, 15) is 4.39 Å². The van der Waals surface area contributed by atoms with Crippen LogP contribution in [0.15, 0.2) is 109 Å². The third kappa shape index (κ3) is 9.04. The van der Waals surface area contributed by atoms with Gasteiger partial charge in [-0.1, -0.05) is 80.1 Å². The number of hydrogen-bond acceptors (Lipinski definition) is 3. The number of fused-ring (bicyclic) bond motifs is 4. The van der Waals surface area contributed by atoms with Crippen LogP contribution in [0.2, 0.25) is 0 Å².